The van der Waals surface area contributed by atoms with Gasteiger partial charge in [-0.3, -0.25) is 9.59 Å². The van der Waals surface area contributed by atoms with Gasteiger partial charge in [-0.05, 0) is 23.8 Å². The standard InChI is InChI=1S/C17H12ClN3O4S/c1-25-17(24)14-11(9-2-4-10(18)5-3-9)8-26-16(14)19-15(23)12-6-7-13(22)21-20-12/h2-8H,1H3,(H,19,23)(H,21,22). The largest absolute Gasteiger partial charge is 0.465 e. The van der Waals surface area contributed by atoms with Crippen LogP contribution in [0.1, 0.15) is 20.8 Å². The van der Waals surface area contributed by atoms with Gasteiger partial charge in [0.15, 0.2) is 0 Å². The fourth-order valence-electron chi connectivity index (χ4n) is 2.23. The fourth-order valence-corrected chi connectivity index (χ4v) is 3.31. The highest BCUT2D eigenvalue weighted by Gasteiger charge is 2.23. The van der Waals surface area contributed by atoms with Gasteiger partial charge in [-0.1, -0.05) is 23.7 Å². The molecular weight excluding hydrogens is 378 g/mol. The number of methoxy groups -OCH3 is 1. The lowest BCUT2D eigenvalue weighted by Crippen LogP contribution is -2.18. The lowest BCUT2D eigenvalue weighted by atomic mass is 10.0. The molecule has 0 bridgehead atoms. The Morgan fingerprint density at radius 2 is 1.92 bits per heavy atom. The number of ether oxygens (including phenoxy) is 1. The molecule has 2 N–H and O–H groups in total. The Hall–Kier alpha value is -2.97. The van der Waals surface area contributed by atoms with E-state index < -0.39 is 17.4 Å². The Balaban J connectivity index is 1.98. The number of rotatable bonds is 4. The summed E-state index contributed by atoms with van der Waals surface area (Å²) in [5.41, 5.74) is 1.20. The van der Waals surface area contributed by atoms with Gasteiger partial charge in [0.25, 0.3) is 11.5 Å². The second kappa shape index (κ2) is 7.51. The molecule has 26 heavy (non-hydrogen) atoms. The van der Waals surface area contributed by atoms with Crippen molar-refractivity contribution in [2.45, 2.75) is 0 Å². The number of esters is 1. The van der Waals surface area contributed by atoms with Gasteiger partial charge in [-0.15, -0.1) is 11.3 Å². The average Bonchev–Trinajstić information content (AvgIpc) is 3.05. The molecule has 0 unspecified atom stereocenters. The number of nitrogens with zero attached hydrogens (tertiary/aromatic N) is 1. The molecule has 0 spiro atoms. The summed E-state index contributed by atoms with van der Waals surface area (Å²) in [6, 6.07) is 9.43. The molecule has 0 atom stereocenters. The minimum absolute atomic E-state index is 0.0156. The number of aromatic amines is 1. The smallest absolute Gasteiger partial charge is 0.341 e. The average molecular weight is 390 g/mol. The summed E-state index contributed by atoms with van der Waals surface area (Å²) in [4.78, 5) is 35.6. The maximum Gasteiger partial charge on any atom is 0.341 e. The van der Waals surface area contributed by atoms with Crippen molar-refractivity contribution in [2.24, 2.45) is 0 Å². The monoisotopic (exact) mass is 389 g/mol. The maximum atomic E-state index is 12.3. The highest BCUT2D eigenvalue weighted by atomic mass is 35.5. The summed E-state index contributed by atoms with van der Waals surface area (Å²) in [5.74, 6) is -1.14. The third-order valence-corrected chi connectivity index (χ3v) is 4.62. The molecule has 0 aliphatic carbocycles. The summed E-state index contributed by atoms with van der Waals surface area (Å²) in [7, 11) is 1.26. The van der Waals surface area contributed by atoms with E-state index in [1.54, 1.807) is 29.6 Å². The molecule has 3 rings (SSSR count). The lowest BCUT2D eigenvalue weighted by Gasteiger charge is -2.07. The Morgan fingerprint density at radius 1 is 1.19 bits per heavy atom. The number of aromatic nitrogens is 2. The minimum atomic E-state index is -0.582. The van der Waals surface area contributed by atoms with Crippen molar-refractivity contribution in [1.29, 1.82) is 0 Å². The first-order valence-corrected chi connectivity index (χ1v) is 8.58. The van der Waals surface area contributed by atoms with Crippen molar-refractivity contribution in [3.8, 4) is 11.1 Å². The molecule has 0 fully saturated rings. The van der Waals surface area contributed by atoms with Crippen LogP contribution in [0.3, 0.4) is 0 Å². The Bertz CT molecular complexity index is 1010. The zero-order chi connectivity index (χ0) is 18.7. The van der Waals surface area contributed by atoms with E-state index in [0.717, 1.165) is 5.56 Å². The number of H-pyrrole nitrogens is 1. The number of nitrogens with one attached hydrogen (secondary N) is 2. The minimum Gasteiger partial charge on any atom is -0.465 e. The molecule has 7 nitrogen and oxygen atoms in total. The van der Waals surface area contributed by atoms with Crippen LogP contribution in [0.2, 0.25) is 5.02 Å². The number of carbonyl (C=O) groups is 2. The number of benzene rings is 1. The number of thiophene rings is 1. The van der Waals surface area contributed by atoms with E-state index in [0.29, 0.717) is 15.6 Å². The third kappa shape index (κ3) is 3.66. The molecule has 1 aromatic carbocycles. The molecule has 0 saturated carbocycles. The van der Waals surface area contributed by atoms with Crippen molar-refractivity contribution in [3.63, 3.8) is 0 Å². The number of amides is 1. The van der Waals surface area contributed by atoms with Gasteiger partial charge in [0.2, 0.25) is 0 Å². The summed E-state index contributed by atoms with van der Waals surface area (Å²) >= 11 is 7.08. The third-order valence-electron chi connectivity index (χ3n) is 3.47. The van der Waals surface area contributed by atoms with Gasteiger partial charge in [-0.2, -0.15) is 5.10 Å². The van der Waals surface area contributed by atoms with E-state index in [1.165, 1.54) is 30.6 Å². The number of hydrogen-bond acceptors (Lipinski definition) is 6. The van der Waals surface area contributed by atoms with E-state index >= 15 is 0 Å². The van der Waals surface area contributed by atoms with Crippen molar-refractivity contribution in [2.75, 3.05) is 12.4 Å². The van der Waals surface area contributed by atoms with Crippen LogP contribution in [0.4, 0.5) is 5.00 Å². The van der Waals surface area contributed by atoms with Crippen LogP contribution in [0.15, 0.2) is 46.6 Å². The molecule has 3 aromatic rings. The molecule has 132 valence electrons. The van der Waals surface area contributed by atoms with Gasteiger partial charge >= 0.3 is 5.97 Å². The topological polar surface area (TPSA) is 101 Å². The molecule has 0 aliphatic rings. The lowest BCUT2D eigenvalue weighted by molar-refractivity contribution is 0.0603. The number of carbonyl (C=O) groups excluding carboxylic acids is 2. The van der Waals surface area contributed by atoms with E-state index in [4.69, 9.17) is 16.3 Å². The van der Waals surface area contributed by atoms with Crippen molar-refractivity contribution in [3.05, 3.63) is 68.4 Å². The zero-order valence-corrected chi connectivity index (χ0v) is 15.0. The van der Waals surface area contributed by atoms with Crippen LogP contribution in [-0.2, 0) is 4.74 Å². The van der Waals surface area contributed by atoms with Crippen LogP contribution < -0.4 is 10.9 Å². The molecule has 9 heteroatoms. The highest BCUT2D eigenvalue weighted by Crippen LogP contribution is 2.36. The first-order valence-electron chi connectivity index (χ1n) is 7.32. The second-order valence-corrected chi connectivity index (χ2v) is 6.43. The van der Waals surface area contributed by atoms with E-state index in [1.807, 2.05) is 0 Å². The summed E-state index contributed by atoms with van der Waals surface area (Å²) in [6.45, 7) is 0. The van der Waals surface area contributed by atoms with Crippen LogP contribution in [0.25, 0.3) is 11.1 Å². The highest BCUT2D eigenvalue weighted by molar-refractivity contribution is 7.15. The molecule has 0 aliphatic heterocycles. The first-order chi connectivity index (χ1) is 12.5. The fraction of sp³-hybridized carbons (Fsp3) is 0.0588. The Labute approximate surface area is 156 Å². The Kier molecular flexibility index (Phi) is 5.15. The van der Waals surface area contributed by atoms with Crippen molar-refractivity contribution in [1.82, 2.24) is 10.2 Å². The Morgan fingerprint density at radius 3 is 2.54 bits per heavy atom. The van der Waals surface area contributed by atoms with Crippen molar-refractivity contribution >= 4 is 39.8 Å². The molecule has 1 amide bonds. The molecule has 2 heterocycles. The van der Waals surface area contributed by atoms with Gasteiger partial charge in [-0.25, -0.2) is 9.89 Å². The normalized spacial score (nSPS) is 10.4. The SMILES string of the molecule is COC(=O)c1c(-c2ccc(Cl)cc2)csc1NC(=O)c1ccc(=O)[nH]n1. The molecule has 0 radical (unpaired) electrons. The van der Waals surface area contributed by atoms with E-state index in [9.17, 15) is 14.4 Å². The summed E-state index contributed by atoms with van der Waals surface area (Å²) in [5, 5.41) is 11.1. The number of anilines is 1. The van der Waals surface area contributed by atoms with Gasteiger partial charge in [0.05, 0.1) is 7.11 Å². The first kappa shape index (κ1) is 17.8. The number of hydrogen-bond donors (Lipinski definition) is 2. The van der Waals surface area contributed by atoms with Gasteiger partial charge in [0.1, 0.15) is 16.3 Å². The molecule has 2 aromatic heterocycles. The quantitative estimate of drug-likeness (QED) is 0.667. The van der Waals surface area contributed by atoms with Gasteiger partial charge < -0.3 is 10.1 Å². The summed E-state index contributed by atoms with van der Waals surface area (Å²) in [6.07, 6.45) is 0. The van der Waals surface area contributed by atoms with Gasteiger partial charge in [0, 0.05) is 22.0 Å². The predicted molar refractivity (Wildman–Crippen MR) is 98.9 cm³/mol. The van der Waals surface area contributed by atoms with Crippen LogP contribution in [0, 0.1) is 0 Å². The zero-order valence-electron chi connectivity index (χ0n) is 13.4. The van der Waals surface area contributed by atoms with E-state index in [-0.39, 0.29) is 11.3 Å². The van der Waals surface area contributed by atoms with Crippen LogP contribution in [-0.4, -0.2) is 29.2 Å². The van der Waals surface area contributed by atoms with Crippen LogP contribution in [0.5, 0.6) is 0 Å². The predicted octanol–water partition coefficient (Wildman–Crippen LogP) is 3.19. The van der Waals surface area contributed by atoms with Crippen molar-refractivity contribution < 1.29 is 14.3 Å². The maximum absolute atomic E-state index is 12.3. The second-order valence-electron chi connectivity index (χ2n) is 5.11. The molecule has 0 saturated heterocycles. The van der Waals surface area contributed by atoms with E-state index in [2.05, 4.69) is 15.5 Å². The molecular formula is C17H12ClN3O4S. The summed E-state index contributed by atoms with van der Waals surface area (Å²) < 4.78 is 4.85. The number of halogens is 1. The van der Waals surface area contributed by atoms with Crippen LogP contribution >= 0.6 is 22.9 Å².